The quantitative estimate of drug-likeness (QED) is 0.141. The van der Waals surface area contributed by atoms with Gasteiger partial charge in [-0.2, -0.15) is 0 Å². The van der Waals surface area contributed by atoms with Crippen LogP contribution in [0, 0.1) is 0 Å². The van der Waals surface area contributed by atoms with E-state index >= 15 is 0 Å². The number of benzene rings is 5. The van der Waals surface area contributed by atoms with Gasteiger partial charge in [-0.1, -0.05) is 140 Å². The molecule has 7 heteroatoms. The molecule has 1 aliphatic heterocycles. The Kier molecular flexibility index (Phi) is 8.27. The monoisotopic (exact) mass is 622 g/mol. The molecule has 0 saturated carbocycles. The lowest BCUT2D eigenvalue weighted by molar-refractivity contribution is -0.139. The molecule has 1 atom stereocenters. The van der Waals surface area contributed by atoms with Crippen LogP contribution in [0.5, 0.6) is 0 Å². The molecule has 0 radical (unpaired) electrons. The molecular weight excluding hydrogens is 588 g/mol. The summed E-state index contributed by atoms with van der Waals surface area (Å²) in [5.41, 5.74) is 6.16. The van der Waals surface area contributed by atoms with Gasteiger partial charge in [0.2, 0.25) is 5.91 Å². The third-order valence-corrected chi connectivity index (χ3v) is 9.16. The molecule has 47 heavy (non-hydrogen) atoms. The van der Waals surface area contributed by atoms with Gasteiger partial charge >= 0.3 is 12.1 Å². The Balaban J connectivity index is 1.08. The number of hydrogen-bond acceptors (Lipinski definition) is 5. The molecule has 5 aromatic rings. The van der Waals surface area contributed by atoms with Gasteiger partial charge in [-0.3, -0.25) is 9.69 Å². The van der Waals surface area contributed by atoms with Gasteiger partial charge in [-0.05, 0) is 45.4 Å². The van der Waals surface area contributed by atoms with E-state index in [-0.39, 0.29) is 38.0 Å². The highest BCUT2D eigenvalue weighted by Crippen LogP contribution is 2.44. The third-order valence-electron chi connectivity index (χ3n) is 9.16. The number of carbonyl (C=O) groups is 3. The van der Waals surface area contributed by atoms with Gasteiger partial charge in [0.15, 0.2) is 6.73 Å². The number of hydrogen-bond donors (Lipinski definition) is 1. The number of fused-ring (bicyclic) bond motifs is 3. The van der Waals surface area contributed by atoms with Crippen LogP contribution in [0.2, 0.25) is 0 Å². The van der Waals surface area contributed by atoms with Crippen LogP contribution in [0.4, 0.5) is 4.79 Å². The van der Waals surface area contributed by atoms with Crippen LogP contribution >= 0.6 is 0 Å². The number of cyclic esters (lactones) is 1. The van der Waals surface area contributed by atoms with Gasteiger partial charge in [0, 0.05) is 12.3 Å². The fourth-order valence-corrected chi connectivity index (χ4v) is 6.90. The Morgan fingerprint density at radius 3 is 1.68 bits per heavy atom. The zero-order chi connectivity index (χ0) is 32.2. The molecule has 2 amide bonds. The van der Waals surface area contributed by atoms with E-state index in [0.29, 0.717) is 0 Å². The number of nitrogens with zero attached hydrogens (tertiary/aromatic N) is 1. The Morgan fingerprint density at radius 1 is 0.702 bits per heavy atom. The zero-order valence-electron chi connectivity index (χ0n) is 25.8. The maximum atomic E-state index is 13.9. The van der Waals surface area contributed by atoms with Crippen LogP contribution in [0.25, 0.3) is 11.1 Å². The van der Waals surface area contributed by atoms with Crippen molar-refractivity contribution in [2.24, 2.45) is 0 Å². The molecule has 5 aromatic carbocycles. The molecule has 234 valence electrons. The molecule has 1 fully saturated rings. The molecule has 0 spiro atoms. The van der Waals surface area contributed by atoms with Crippen molar-refractivity contribution in [1.82, 2.24) is 10.2 Å². The van der Waals surface area contributed by atoms with Gasteiger partial charge in [-0.25, -0.2) is 9.59 Å². The number of ether oxygens (including phenoxy) is 2. The van der Waals surface area contributed by atoms with Gasteiger partial charge in [0.05, 0.1) is 0 Å². The lowest BCUT2D eigenvalue weighted by Crippen LogP contribution is -2.48. The van der Waals surface area contributed by atoms with Crippen molar-refractivity contribution in [2.75, 3.05) is 13.3 Å². The fraction of sp³-hybridized carbons (Fsp3) is 0.175. The van der Waals surface area contributed by atoms with Crippen LogP contribution in [0.15, 0.2) is 140 Å². The second kappa shape index (κ2) is 13.0. The summed E-state index contributed by atoms with van der Waals surface area (Å²) >= 11 is 0. The maximum Gasteiger partial charge on any atom is 0.413 e. The average molecular weight is 623 g/mol. The first-order valence-electron chi connectivity index (χ1n) is 15.8. The Morgan fingerprint density at radius 2 is 1.17 bits per heavy atom. The molecular formula is C40H34N2O5. The van der Waals surface area contributed by atoms with Gasteiger partial charge in [-0.15, -0.1) is 0 Å². The summed E-state index contributed by atoms with van der Waals surface area (Å²) in [6, 6.07) is 44.8. The molecule has 0 bridgehead atoms. The van der Waals surface area contributed by atoms with E-state index in [9.17, 15) is 14.4 Å². The Hall–Kier alpha value is -5.69. The van der Waals surface area contributed by atoms with Crippen molar-refractivity contribution in [2.45, 2.75) is 30.3 Å². The van der Waals surface area contributed by atoms with Crippen LogP contribution in [0.1, 0.15) is 46.6 Å². The highest BCUT2D eigenvalue weighted by Gasteiger charge is 2.41. The highest BCUT2D eigenvalue weighted by molar-refractivity contribution is 5.86. The average Bonchev–Trinajstić information content (AvgIpc) is 3.66. The molecule has 7 rings (SSSR count). The summed E-state index contributed by atoms with van der Waals surface area (Å²) in [7, 11) is 0. The van der Waals surface area contributed by atoms with E-state index in [4.69, 9.17) is 9.47 Å². The molecule has 7 nitrogen and oxygen atoms in total. The largest absolute Gasteiger partial charge is 0.448 e. The number of amides is 2. The lowest BCUT2D eigenvalue weighted by atomic mass is 9.77. The third kappa shape index (κ3) is 5.65. The molecule has 1 unspecified atom stereocenters. The standard InChI is InChI=1S/C40H34N2O5/c43-37(41-40(28-14-4-1-5-15-28,29-16-6-2-7-17-29)30-18-8-3-9-19-30)25-24-36-38(44)47-27-42(36)39(45)46-26-35-33-22-12-10-20-31(33)32-21-11-13-23-34(32)35/h1-23,35-36H,24-27H2,(H,41,43). The molecule has 1 heterocycles. The van der Waals surface area contributed by atoms with E-state index < -0.39 is 23.6 Å². The first-order valence-corrected chi connectivity index (χ1v) is 15.8. The van der Waals surface area contributed by atoms with Gasteiger partial charge in [0.1, 0.15) is 18.2 Å². The minimum atomic E-state index is -0.983. The van der Waals surface area contributed by atoms with Crippen molar-refractivity contribution in [1.29, 1.82) is 0 Å². The number of nitrogens with one attached hydrogen (secondary N) is 1. The minimum absolute atomic E-state index is 0.0127. The van der Waals surface area contributed by atoms with E-state index in [0.717, 1.165) is 38.9 Å². The SMILES string of the molecule is O=C(CCC1C(=O)OCN1C(=O)OCC1c2ccccc2-c2ccccc21)NC(c1ccccc1)(c1ccccc1)c1ccccc1. The number of carbonyl (C=O) groups excluding carboxylic acids is 3. The predicted molar refractivity (Wildman–Crippen MR) is 178 cm³/mol. The van der Waals surface area contributed by atoms with Crippen molar-refractivity contribution in [3.05, 3.63) is 167 Å². The zero-order valence-corrected chi connectivity index (χ0v) is 25.8. The predicted octanol–water partition coefficient (Wildman–Crippen LogP) is 7.01. The van der Waals surface area contributed by atoms with Gasteiger partial charge < -0.3 is 14.8 Å². The summed E-state index contributed by atoms with van der Waals surface area (Å²) in [4.78, 5) is 41.4. The first kappa shape index (κ1) is 30.0. The summed E-state index contributed by atoms with van der Waals surface area (Å²) in [5.74, 6) is -0.933. The molecule has 1 aliphatic carbocycles. The van der Waals surface area contributed by atoms with Crippen molar-refractivity contribution in [3.8, 4) is 11.1 Å². The summed E-state index contributed by atoms with van der Waals surface area (Å²) < 4.78 is 11.1. The van der Waals surface area contributed by atoms with Crippen molar-refractivity contribution < 1.29 is 23.9 Å². The van der Waals surface area contributed by atoms with Crippen LogP contribution in [-0.2, 0) is 24.6 Å². The molecule has 1 N–H and O–H groups in total. The Bertz CT molecular complexity index is 1750. The van der Waals surface area contributed by atoms with Crippen molar-refractivity contribution in [3.63, 3.8) is 0 Å². The summed E-state index contributed by atoms with van der Waals surface area (Å²) in [6.45, 7) is -0.0950. The normalized spacial score (nSPS) is 15.4. The second-order valence-corrected chi connectivity index (χ2v) is 11.8. The first-order chi connectivity index (χ1) is 23.1. The van der Waals surface area contributed by atoms with Gasteiger partial charge in [0.25, 0.3) is 0 Å². The molecule has 2 aliphatic rings. The smallest absolute Gasteiger partial charge is 0.413 e. The molecule has 0 aromatic heterocycles. The number of rotatable bonds is 9. The maximum absolute atomic E-state index is 13.9. The second-order valence-electron chi connectivity index (χ2n) is 11.8. The van der Waals surface area contributed by atoms with E-state index in [1.165, 1.54) is 4.90 Å². The summed E-state index contributed by atoms with van der Waals surface area (Å²) in [5, 5.41) is 3.32. The van der Waals surface area contributed by atoms with Crippen LogP contribution in [0.3, 0.4) is 0 Å². The number of esters is 1. The van der Waals surface area contributed by atoms with E-state index in [1.807, 2.05) is 115 Å². The van der Waals surface area contributed by atoms with Crippen molar-refractivity contribution >= 4 is 18.0 Å². The lowest BCUT2D eigenvalue weighted by Gasteiger charge is -2.37. The minimum Gasteiger partial charge on any atom is -0.448 e. The highest BCUT2D eigenvalue weighted by atomic mass is 16.6. The van der Waals surface area contributed by atoms with Crippen LogP contribution < -0.4 is 5.32 Å². The molecule has 1 saturated heterocycles. The summed E-state index contributed by atoms with van der Waals surface area (Å²) in [6.07, 6.45) is -0.569. The fourth-order valence-electron chi connectivity index (χ4n) is 6.90. The van der Waals surface area contributed by atoms with E-state index in [1.54, 1.807) is 0 Å². The van der Waals surface area contributed by atoms with E-state index in [2.05, 4.69) is 29.6 Å². The Labute approximate surface area is 273 Å². The van der Waals surface area contributed by atoms with Crippen LogP contribution in [-0.4, -0.2) is 42.2 Å². The topological polar surface area (TPSA) is 84.9 Å².